The van der Waals surface area contributed by atoms with E-state index in [0.29, 0.717) is 6.54 Å². The maximum absolute atomic E-state index is 11.9. The van der Waals surface area contributed by atoms with Crippen LogP contribution in [-0.2, 0) is 4.79 Å². The summed E-state index contributed by atoms with van der Waals surface area (Å²) < 4.78 is 0. The summed E-state index contributed by atoms with van der Waals surface area (Å²) in [4.78, 5) is 13.8. The van der Waals surface area contributed by atoms with Crippen LogP contribution < -0.4 is 5.73 Å². The van der Waals surface area contributed by atoms with Crippen LogP contribution >= 0.6 is 0 Å². The molecule has 0 saturated carbocycles. The molecule has 4 heteroatoms. The lowest BCUT2D eigenvalue weighted by Crippen LogP contribution is -2.33. The van der Waals surface area contributed by atoms with Crippen LogP contribution in [0.4, 0.5) is 0 Å². The highest BCUT2D eigenvalue weighted by Crippen LogP contribution is 2.19. The Balaban J connectivity index is 2.33. The van der Waals surface area contributed by atoms with Crippen LogP contribution in [-0.4, -0.2) is 42.2 Å². The lowest BCUT2D eigenvalue weighted by molar-refractivity contribution is -0.134. The Morgan fingerprint density at radius 1 is 1.67 bits per heavy atom. The van der Waals surface area contributed by atoms with E-state index in [4.69, 9.17) is 10.8 Å². The second-order valence-corrected chi connectivity index (χ2v) is 4.45. The van der Waals surface area contributed by atoms with Crippen molar-refractivity contribution in [2.45, 2.75) is 26.2 Å². The molecule has 1 rings (SSSR count). The molecule has 1 aliphatic heterocycles. The molecule has 3 N–H and O–H groups in total. The molecule has 0 radical (unpaired) electrons. The Hall–Kier alpha value is -0.610. The third-order valence-corrected chi connectivity index (χ3v) is 3.12. The normalized spacial score (nSPS) is 23.1. The topological polar surface area (TPSA) is 66.6 Å². The number of carbonyl (C=O) groups is 1. The van der Waals surface area contributed by atoms with Gasteiger partial charge in [-0.3, -0.25) is 4.79 Å². The van der Waals surface area contributed by atoms with E-state index in [1.54, 1.807) is 0 Å². The van der Waals surface area contributed by atoms with Crippen LogP contribution in [0.1, 0.15) is 26.2 Å². The molecule has 0 bridgehead atoms. The first-order valence-corrected chi connectivity index (χ1v) is 5.78. The van der Waals surface area contributed by atoms with Crippen molar-refractivity contribution in [3.8, 4) is 0 Å². The van der Waals surface area contributed by atoms with Gasteiger partial charge in [-0.25, -0.2) is 0 Å². The van der Waals surface area contributed by atoms with Gasteiger partial charge in [0.1, 0.15) is 0 Å². The van der Waals surface area contributed by atoms with E-state index in [-0.39, 0.29) is 24.3 Å². The minimum absolute atomic E-state index is 0.0750. The molecule has 1 fully saturated rings. The number of hydrogen-bond donors (Lipinski definition) is 2. The molecule has 0 spiro atoms. The Morgan fingerprint density at radius 3 is 2.93 bits per heavy atom. The Kier molecular flexibility index (Phi) is 5.05. The number of aliphatic hydroxyl groups is 1. The van der Waals surface area contributed by atoms with E-state index in [2.05, 4.69) is 0 Å². The standard InChI is InChI=1S/C11H22N2O2/c1-9(3-2-5-12)11(15)13-6-4-10(7-13)8-14/h9-10,14H,2-8,12H2,1H3. The Morgan fingerprint density at radius 2 is 2.40 bits per heavy atom. The molecule has 88 valence electrons. The molecule has 1 amide bonds. The van der Waals surface area contributed by atoms with Gasteiger partial charge in [0.05, 0.1) is 0 Å². The summed E-state index contributed by atoms with van der Waals surface area (Å²) in [5.41, 5.74) is 5.42. The molecule has 4 nitrogen and oxygen atoms in total. The van der Waals surface area contributed by atoms with Gasteiger partial charge in [-0.2, -0.15) is 0 Å². The lowest BCUT2D eigenvalue weighted by atomic mass is 10.0. The van der Waals surface area contributed by atoms with Gasteiger partial charge in [-0.15, -0.1) is 0 Å². The molecule has 0 aromatic rings. The molecule has 1 saturated heterocycles. The van der Waals surface area contributed by atoms with Gasteiger partial charge in [0.25, 0.3) is 0 Å². The van der Waals surface area contributed by atoms with Gasteiger partial charge in [0, 0.05) is 31.5 Å². The summed E-state index contributed by atoms with van der Waals surface area (Å²) >= 11 is 0. The molecular formula is C11H22N2O2. The van der Waals surface area contributed by atoms with Gasteiger partial charge >= 0.3 is 0 Å². The fourth-order valence-corrected chi connectivity index (χ4v) is 2.04. The second kappa shape index (κ2) is 6.08. The van der Waals surface area contributed by atoms with E-state index < -0.39 is 0 Å². The zero-order valence-corrected chi connectivity index (χ0v) is 9.48. The first-order valence-electron chi connectivity index (χ1n) is 5.78. The smallest absolute Gasteiger partial charge is 0.225 e. The second-order valence-electron chi connectivity index (χ2n) is 4.45. The highest BCUT2D eigenvalue weighted by molar-refractivity contribution is 5.78. The van der Waals surface area contributed by atoms with Crippen molar-refractivity contribution in [3.63, 3.8) is 0 Å². The molecule has 0 aliphatic carbocycles. The van der Waals surface area contributed by atoms with Crippen LogP contribution in [0, 0.1) is 11.8 Å². The Bertz CT molecular complexity index is 209. The van der Waals surface area contributed by atoms with E-state index in [1.165, 1.54) is 0 Å². The summed E-state index contributed by atoms with van der Waals surface area (Å²) in [7, 11) is 0. The quantitative estimate of drug-likeness (QED) is 0.687. The maximum atomic E-state index is 11.9. The third-order valence-electron chi connectivity index (χ3n) is 3.12. The first kappa shape index (κ1) is 12.5. The number of hydrogen-bond acceptors (Lipinski definition) is 3. The SMILES string of the molecule is CC(CCCN)C(=O)N1CCC(CO)C1. The zero-order valence-electron chi connectivity index (χ0n) is 9.48. The largest absolute Gasteiger partial charge is 0.396 e. The molecule has 0 aromatic carbocycles. The van der Waals surface area contributed by atoms with Crippen LogP contribution in [0.25, 0.3) is 0 Å². The van der Waals surface area contributed by atoms with Crippen molar-refractivity contribution in [1.29, 1.82) is 0 Å². The van der Waals surface area contributed by atoms with E-state index in [1.807, 2.05) is 11.8 Å². The zero-order chi connectivity index (χ0) is 11.3. The lowest BCUT2D eigenvalue weighted by Gasteiger charge is -2.20. The van der Waals surface area contributed by atoms with Crippen LogP contribution in [0.15, 0.2) is 0 Å². The van der Waals surface area contributed by atoms with Crippen LogP contribution in [0.3, 0.4) is 0 Å². The maximum Gasteiger partial charge on any atom is 0.225 e. The summed E-state index contributed by atoms with van der Waals surface area (Å²) in [5.74, 6) is 0.584. The number of rotatable bonds is 5. The highest BCUT2D eigenvalue weighted by atomic mass is 16.3. The van der Waals surface area contributed by atoms with Gasteiger partial charge in [-0.05, 0) is 25.8 Å². The minimum atomic E-state index is 0.0750. The first-order chi connectivity index (χ1) is 7.19. The predicted molar refractivity (Wildman–Crippen MR) is 59.2 cm³/mol. The summed E-state index contributed by atoms with van der Waals surface area (Å²) in [6.45, 7) is 4.33. The van der Waals surface area contributed by atoms with Crippen molar-refractivity contribution >= 4 is 5.91 Å². The van der Waals surface area contributed by atoms with Gasteiger partial charge < -0.3 is 15.7 Å². The third kappa shape index (κ3) is 3.47. The molecule has 1 heterocycles. The predicted octanol–water partition coefficient (Wildman–Crippen LogP) is 0.202. The van der Waals surface area contributed by atoms with E-state index in [0.717, 1.165) is 32.4 Å². The molecule has 15 heavy (non-hydrogen) atoms. The number of aliphatic hydroxyl groups excluding tert-OH is 1. The molecule has 0 aromatic heterocycles. The highest BCUT2D eigenvalue weighted by Gasteiger charge is 2.27. The van der Waals surface area contributed by atoms with Crippen molar-refractivity contribution in [1.82, 2.24) is 4.90 Å². The molecule has 2 atom stereocenters. The van der Waals surface area contributed by atoms with Gasteiger partial charge in [0.15, 0.2) is 0 Å². The number of nitrogens with zero attached hydrogens (tertiary/aromatic N) is 1. The monoisotopic (exact) mass is 214 g/mol. The van der Waals surface area contributed by atoms with Crippen molar-refractivity contribution in [2.75, 3.05) is 26.2 Å². The average Bonchev–Trinajstić information content (AvgIpc) is 2.73. The Labute approximate surface area is 91.4 Å². The molecular weight excluding hydrogens is 192 g/mol. The van der Waals surface area contributed by atoms with Crippen molar-refractivity contribution in [2.24, 2.45) is 17.6 Å². The van der Waals surface area contributed by atoms with Crippen LogP contribution in [0.5, 0.6) is 0 Å². The summed E-state index contributed by atoms with van der Waals surface area (Å²) in [6, 6.07) is 0. The number of nitrogens with two attached hydrogens (primary N) is 1. The molecule has 2 unspecified atom stereocenters. The van der Waals surface area contributed by atoms with Crippen molar-refractivity contribution < 1.29 is 9.90 Å². The fourth-order valence-electron chi connectivity index (χ4n) is 2.04. The van der Waals surface area contributed by atoms with Crippen molar-refractivity contribution in [3.05, 3.63) is 0 Å². The summed E-state index contributed by atoms with van der Waals surface area (Å²) in [6.07, 6.45) is 2.71. The van der Waals surface area contributed by atoms with Crippen LogP contribution in [0.2, 0.25) is 0 Å². The van der Waals surface area contributed by atoms with Gasteiger partial charge in [0.2, 0.25) is 5.91 Å². The van der Waals surface area contributed by atoms with Gasteiger partial charge in [-0.1, -0.05) is 6.92 Å². The number of amides is 1. The van der Waals surface area contributed by atoms with E-state index in [9.17, 15) is 4.79 Å². The fraction of sp³-hybridized carbons (Fsp3) is 0.909. The number of likely N-dealkylation sites (tertiary alicyclic amines) is 1. The van der Waals surface area contributed by atoms with E-state index >= 15 is 0 Å². The minimum Gasteiger partial charge on any atom is -0.396 e. The molecule has 1 aliphatic rings. The average molecular weight is 214 g/mol. The number of carbonyl (C=O) groups excluding carboxylic acids is 1. The summed E-state index contributed by atoms with van der Waals surface area (Å²) in [5, 5.41) is 8.99.